The van der Waals surface area contributed by atoms with Crippen LogP contribution in [0, 0.1) is 0 Å². The van der Waals surface area contributed by atoms with Gasteiger partial charge in [0.2, 0.25) is 10.0 Å². The Morgan fingerprint density at radius 3 is 2.50 bits per heavy atom. The van der Waals surface area contributed by atoms with Crippen molar-refractivity contribution in [2.45, 2.75) is 51.0 Å². The average Bonchev–Trinajstić information content (AvgIpc) is 2.54. The van der Waals surface area contributed by atoms with Crippen molar-refractivity contribution in [1.29, 1.82) is 0 Å². The molecule has 1 saturated heterocycles. The SMILES string of the molecule is CN(C(=O)OC(C)(C)C)[C@H]1CCCN(S(=O)(=O)Cc2ccc(Br)cc2)C1. The van der Waals surface area contributed by atoms with E-state index in [0.717, 1.165) is 22.9 Å². The quantitative estimate of drug-likeness (QED) is 0.708. The van der Waals surface area contributed by atoms with Crippen molar-refractivity contribution in [2.75, 3.05) is 20.1 Å². The zero-order valence-corrected chi connectivity index (χ0v) is 18.1. The van der Waals surface area contributed by atoms with Crippen LogP contribution in [0.15, 0.2) is 28.7 Å². The van der Waals surface area contributed by atoms with Gasteiger partial charge in [0.1, 0.15) is 5.60 Å². The number of sulfonamides is 1. The summed E-state index contributed by atoms with van der Waals surface area (Å²) in [4.78, 5) is 13.8. The first-order chi connectivity index (χ1) is 12.0. The van der Waals surface area contributed by atoms with Gasteiger partial charge < -0.3 is 9.64 Å². The molecule has 0 N–H and O–H groups in total. The maximum Gasteiger partial charge on any atom is 0.410 e. The monoisotopic (exact) mass is 446 g/mol. The van der Waals surface area contributed by atoms with Gasteiger partial charge in [0, 0.05) is 30.7 Å². The minimum Gasteiger partial charge on any atom is -0.444 e. The summed E-state index contributed by atoms with van der Waals surface area (Å²) in [6, 6.07) is 7.09. The van der Waals surface area contributed by atoms with Crippen LogP contribution in [0.2, 0.25) is 0 Å². The minimum absolute atomic E-state index is 0.0385. The summed E-state index contributed by atoms with van der Waals surface area (Å²) < 4.78 is 33.4. The van der Waals surface area contributed by atoms with Gasteiger partial charge in [0.25, 0.3) is 0 Å². The molecule has 0 radical (unpaired) electrons. The van der Waals surface area contributed by atoms with E-state index in [4.69, 9.17) is 4.74 Å². The molecule has 6 nitrogen and oxygen atoms in total. The number of piperidine rings is 1. The molecular formula is C18H27BrN2O4S. The van der Waals surface area contributed by atoms with E-state index < -0.39 is 21.7 Å². The van der Waals surface area contributed by atoms with E-state index in [1.807, 2.05) is 32.9 Å². The molecule has 8 heteroatoms. The van der Waals surface area contributed by atoms with E-state index in [-0.39, 0.29) is 11.8 Å². The highest BCUT2D eigenvalue weighted by Crippen LogP contribution is 2.22. The summed E-state index contributed by atoms with van der Waals surface area (Å²) >= 11 is 3.35. The predicted molar refractivity (Wildman–Crippen MR) is 105 cm³/mol. The number of hydrogen-bond acceptors (Lipinski definition) is 4. The number of halogens is 1. The Morgan fingerprint density at radius 1 is 1.31 bits per heavy atom. The van der Waals surface area contributed by atoms with Crippen LogP contribution in [-0.2, 0) is 20.5 Å². The van der Waals surface area contributed by atoms with Crippen molar-refractivity contribution in [3.63, 3.8) is 0 Å². The summed E-state index contributed by atoms with van der Waals surface area (Å²) in [5, 5.41) is 0. The van der Waals surface area contributed by atoms with Crippen LogP contribution in [0.4, 0.5) is 4.79 Å². The summed E-state index contributed by atoms with van der Waals surface area (Å²) in [5.41, 5.74) is 0.170. The lowest BCUT2D eigenvalue weighted by atomic mass is 10.1. The highest BCUT2D eigenvalue weighted by atomic mass is 79.9. The van der Waals surface area contributed by atoms with Crippen LogP contribution in [0.25, 0.3) is 0 Å². The lowest BCUT2D eigenvalue weighted by Gasteiger charge is -2.37. The van der Waals surface area contributed by atoms with Gasteiger partial charge in [-0.25, -0.2) is 13.2 Å². The number of likely N-dealkylation sites (N-methyl/N-ethyl adjacent to an activating group) is 1. The third-order valence-corrected chi connectivity index (χ3v) is 6.59. The standard InChI is InChI=1S/C18H27BrN2O4S/c1-18(2,3)25-17(22)20(4)16-6-5-11-21(12-16)26(23,24)13-14-7-9-15(19)10-8-14/h7-10,16H,5-6,11-13H2,1-4H3/t16-/m0/s1. The second-order valence-corrected chi connectivity index (χ2v) is 10.5. The number of amides is 1. The van der Waals surface area contributed by atoms with Gasteiger partial charge in [0.15, 0.2) is 0 Å². The van der Waals surface area contributed by atoms with E-state index in [1.165, 1.54) is 9.21 Å². The molecule has 1 amide bonds. The lowest BCUT2D eigenvalue weighted by Crippen LogP contribution is -2.51. The van der Waals surface area contributed by atoms with Crippen molar-refractivity contribution in [3.8, 4) is 0 Å². The number of ether oxygens (including phenoxy) is 1. The second kappa shape index (κ2) is 8.27. The molecule has 2 rings (SSSR count). The molecule has 26 heavy (non-hydrogen) atoms. The molecule has 1 heterocycles. The van der Waals surface area contributed by atoms with Gasteiger partial charge in [0.05, 0.1) is 5.75 Å². The average molecular weight is 447 g/mol. The number of carbonyl (C=O) groups is 1. The molecule has 0 saturated carbocycles. The Kier molecular flexibility index (Phi) is 6.74. The highest BCUT2D eigenvalue weighted by molar-refractivity contribution is 9.10. The number of benzene rings is 1. The fourth-order valence-electron chi connectivity index (χ4n) is 2.86. The summed E-state index contributed by atoms with van der Waals surface area (Å²) in [6.07, 6.45) is 1.06. The van der Waals surface area contributed by atoms with E-state index in [1.54, 1.807) is 19.2 Å². The Labute approximate surface area is 164 Å². The fourth-order valence-corrected chi connectivity index (χ4v) is 4.72. The van der Waals surface area contributed by atoms with Crippen LogP contribution in [0.3, 0.4) is 0 Å². The zero-order chi connectivity index (χ0) is 19.5. The summed E-state index contributed by atoms with van der Waals surface area (Å²) in [5.74, 6) is -0.0385. The Hall–Kier alpha value is -1.12. The van der Waals surface area contributed by atoms with Crippen LogP contribution >= 0.6 is 15.9 Å². The molecule has 0 bridgehead atoms. The molecule has 1 atom stereocenters. The first-order valence-corrected chi connectivity index (χ1v) is 11.1. The highest BCUT2D eigenvalue weighted by Gasteiger charge is 2.33. The maximum atomic E-state index is 12.8. The molecule has 0 unspecified atom stereocenters. The molecule has 0 spiro atoms. The first kappa shape index (κ1) is 21.2. The maximum absolute atomic E-state index is 12.8. The van der Waals surface area contributed by atoms with Gasteiger partial charge in [-0.15, -0.1) is 0 Å². The molecule has 0 aliphatic carbocycles. The van der Waals surface area contributed by atoms with Gasteiger partial charge in [-0.1, -0.05) is 28.1 Å². The van der Waals surface area contributed by atoms with Crippen molar-refractivity contribution < 1.29 is 17.9 Å². The van der Waals surface area contributed by atoms with Crippen molar-refractivity contribution in [2.24, 2.45) is 0 Å². The van der Waals surface area contributed by atoms with Crippen LogP contribution < -0.4 is 0 Å². The van der Waals surface area contributed by atoms with E-state index >= 15 is 0 Å². The van der Waals surface area contributed by atoms with Gasteiger partial charge in [-0.3, -0.25) is 0 Å². The summed E-state index contributed by atoms with van der Waals surface area (Å²) in [7, 11) is -1.77. The molecule has 1 aliphatic rings. The predicted octanol–water partition coefficient (Wildman–Crippen LogP) is 3.61. The first-order valence-electron chi connectivity index (χ1n) is 8.66. The zero-order valence-electron chi connectivity index (χ0n) is 15.7. The van der Waals surface area contributed by atoms with Crippen molar-refractivity contribution in [3.05, 3.63) is 34.3 Å². The molecule has 1 aromatic rings. The molecule has 1 aliphatic heterocycles. The molecule has 146 valence electrons. The van der Waals surface area contributed by atoms with E-state index in [2.05, 4.69) is 15.9 Å². The largest absolute Gasteiger partial charge is 0.444 e. The third kappa shape index (κ3) is 5.96. The minimum atomic E-state index is -3.44. The Balaban J connectivity index is 2.04. The number of nitrogens with zero attached hydrogens (tertiary/aromatic N) is 2. The normalized spacial score (nSPS) is 19.2. The number of carbonyl (C=O) groups excluding carboxylic acids is 1. The topological polar surface area (TPSA) is 66.9 Å². The van der Waals surface area contributed by atoms with E-state index in [9.17, 15) is 13.2 Å². The van der Waals surface area contributed by atoms with Gasteiger partial charge >= 0.3 is 6.09 Å². The van der Waals surface area contributed by atoms with E-state index in [0.29, 0.717) is 13.1 Å². The smallest absolute Gasteiger partial charge is 0.410 e. The lowest BCUT2D eigenvalue weighted by molar-refractivity contribution is 0.0173. The van der Waals surface area contributed by atoms with Gasteiger partial charge in [-0.2, -0.15) is 4.31 Å². The third-order valence-electron chi connectivity index (χ3n) is 4.24. The van der Waals surface area contributed by atoms with Crippen LogP contribution in [-0.4, -0.2) is 55.5 Å². The number of hydrogen-bond donors (Lipinski definition) is 0. The van der Waals surface area contributed by atoms with Crippen LogP contribution in [0.1, 0.15) is 39.2 Å². The van der Waals surface area contributed by atoms with Crippen molar-refractivity contribution >= 4 is 32.0 Å². The summed E-state index contributed by atoms with van der Waals surface area (Å²) in [6.45, 7) is 6.23. The molecule has 1 aromatic carbocycles. The molecule has 1 fully saturated rings. The molecule has 0 aromatic heterocycles. The Bertz CT molecular complexity index is 729. The van der Waals surface area contributed by atoms with Crippen molar-refractivity contribution in [1.82, 2.24) is 9.21 Å². The fraction of sp³-hybridized carbons (Fsp3) is 0.611. The van der Waals surface area contributed by atoms with Crippen LogP contribution in [0.5, 0.6) is 0 Å². The number of rotatable bonds is 4. The van der Waals surface area contributed by atoms with Gasteiger partial charge in [-0.05, 0) is 51.3 Å². The molecular weight excluding hydrogens is 420 g/mol. The Morgan fingerprint density at radius 2 is 1.92 bits per heavy atom. The second-order valence-electron chi connectivity index (χ2n) is 7.63.